The second-order valence-corrected chi connectivity index (χ2v) is 5.14. The molecule has 0 fully saturated rings. The summed E-state index contributed by atoms with van der Waals surface area (Å²) >= 11 is 0. The summed E-state index contributed by atoms with van der Waals surface area (Å²) in [6, 6.07) is 14.0. The Morgan fingerprint density at radius 3 is 2.44 bits per heavy atom. The molecule has 6 heteroatoms. The maximum Gasteiger partial charge on any atom is 0.363 e. The normalized spacial score (nSPS) is 14.7. The van der Waals surface area contributed by atoms with Crippen LogP contribution in [0.2, 0.25) is 0 Å². The third kappa shape index (κ3) is 3.35. The van der Waals surface area contributed by atoms with E-state index in [1.165, 1.54) is 7.11 Å². The van der Waals surface area contributed by atoms with Gasteiger partial charge in [0.05, 0.1) is 25.9 Å². The molecule has 3 rings (SSSR count). The molecule has 0 radical (unpaired) electrons. The van der Waals surface area contributed by atoms with Gasteiger partial charge in [-0.3, -0.25) is 0 Å². The molecule has 1 aliphatic rings. The summed E-state index contributed by atoms with van der Waals surface area (Å²) in [5.41, 5.74) is 2.10. The van der Waals surface area contributed by atoms with E-state index in [0.29, 0.717) is 22.6 Å². The van der Waals surface area contributed by atoms with Crippen LogP contribution in [-0.2, 0) is 9.53 Å². The Bertz CT molecular complexity index is 921. The van der Waals surface area contributed by atoms with Gasteiger partial charge in [0.25, 0.3) is 0 Å². The van der Waals surface area contributed by atoms with Crippen molar-refractivity contribution in [1.82, 2.24) is 0 Å². The number of benzene rings is 2. The van der Waals surface area contributed by atoms with Gasteiger partial charge in [0, 0.05) is 5.56 Å². The average molecular weight is 334 g/mol. The first-order valence-electron chi connectivity index (χ1n) is 7.39. The number of carbonyl (C=O) groups is 1. The standard InChI is InChI=1S/C19H14N2O4/c1-23-16-8-7-14(10-17(16)24-2)18-21-15(19(22)25-18)9-12-3-5-13(11-20)6-4-12/h3-10H,1-2H3/b15-9-. The molecule has 0 spiro atoms. The van der Waals surface area contributed by atoms with Gasteiger partial charge >= 0.3 is 5.97 Å². The number of rotatable bonds is 4. The molecule has 2 aromatic carbocycles. The van der Waals surface area contributed by atoms with Crippen LogP contribution in [-0.4, -0.2) is 26.1 Å². The predicted molar refractivity (Wildman–Crippen MR) is 91.3 cm³/mol. The molecule has 0 saturated carbocycles. The summed E-state index contributed by atoms with van der Waals surface area (Å²) in [6.07, 6.45) is 1.61. The van der Waals surface area contributed by atoms with Gasteiger partial charge < -0.3 is 14.2 Å². The third-order valence-corrected chi connectivity index (χ3v) is 3.59. The molecule has 0 amide bonds. The SMILES string of the molecule is COc1ccc(C2=N/C(=C\c3ccc(C#N)cc3)C(=O)O2)cc1OC. The maximum atomic E-state index is 12.0. The molecule has 124 valence electrons. The lowest BCUT2D eigenvalue weighted by Crippen LogP contribution is -2.05. The monoisotopic (exact) mass is 334 g/mol. The van der Waals surface area contributed by atoms with E-state index in [4.69, 9.17) is 19.5 Å². The zero-order valence-electron chi connectivity index (χ0n) is 13.6. The number of hydrogen-bond acceptors (Lipinski definition) is 6. The molecule has 0 N–H and O–H groups in total. The number of ether oxygens (including phenoxy) is 3. The van der Waals surface area contributed by atoms with Crippen LogP contribution < -0.4 is 9.47 Å². The Balaban J connectivity index is 1.92. The number of methoxy groups -OCH3 is 2. The first kappa shape index (κ1) is 16.3. The van der Waals surface area contributed by atoms with E-state index in [2.05, 4.69) is 4.99 Å². The Hall–Kier alpha value is -3.59. The van der Waals surface area contributed by atoms with Crippen LogP contribution >= 0.6 is 0 Å². The van der Waals surface area contributed by atoms with Gasteiger partial charge in [0.15, 0.2) is 17.2 Å². The van der Waals surface area contributed by atoms with Gasteiger partial charge in [-0.25, -0.2) is 9.79 Å². The summed E-state index contributed by atoms with van der Waals surface area (Å²) in [6.45, 7) is 0. The fourth-order valence-electron chi connectivity index (χ4n) is 2.31. The number of hydrogen-bond donors (Lipinski definition) is 0. The van der Waals surface area contributed by atoms with E-state index in [1.807, 2.05) is 6.07 Å². The highest BCUT2D eigenvalue weighted by atomic mass is 16.6. The molecule has 0 aromatic heterocycles. The van der Waals surface area contributed by atoms with Crippen LogP contribution in [0.5, 0.6) is 11.5 Å². The fourth-order valence-corrected chi connectivity index (χ4v) is 2.31. The van der Waals surface area contributed by atoms with Gasteiger partial charge in [0.1, 0.15) is 0 Å². The van der Waals surface area contributed by atoms with E-state index >= 15 is 0 Å². The summed E-state index contributed by atoms with van der Waals surface area (Å²) in [4.78, 5) is 16.3. The van der Waals surface area contributed by atoms with Gasteiger partial charge in [-0.05, 0) is 42.0 Å². The zero-order chi connectivity index (χ0) is 17.8. The molecule has 0 saturated heterocycles. The van der Waals surface area contributed by atoms with E-state index in [-0.39, 0.29) is 11.6 Å². The Morgan fingerprint density at radius 1 is 1.08 bits per heavy atom. The van der Waals surface area contributed by atoms with E-state index in [0.717, 1.165) is 5.56 Å². The molecular formula is C19H14N2O4. The van der Waals surface area contributed by atoms with Crippen molar-refractivity contribution >= 4 is 17.9 Å². The number of aliphatic imine (C=N–C) groups is 1. The van der Waals surface area contributed by atoms with Gasteiger partial charge in [-0.1, -0.05) is 12.1 Å². The number of carbonyl (C=O) groups excluding carboxylic acids is 1. The van der Waals surface area contributed by atoms with Crippen LogP contribution in [0.15, 0.2) is 53.2 Å². The molecule has 0 aliphatic carbocycles. The lowest BCUT2D eigenvalue weighted by Gasteiger charge is -2.08. The molecule has 0 atom stereocenters. The Labute approximate surface area is 144 Å². The molecule has 0 bridgehead atoms. The van der Waals surface area contributed by atoms with Crippen LogP contribution in [0.3, 0.4) is 0 Å². The smallest absolute Gasteiger partial charge is 0.363 e. The lowest BCUT2D eigenvalue weighted by atomic mass is 10.1. The first-order valence-corrected chi connectivity index (χ1v) is 7.39. The summed E-state index contributed by atoms with van der Waals surface area (Å²) in [5, 5.41) is 8.82. The van der Waals surface area contributed by atoms with Crippen molar-refractivity contribution in [3.63, 3.8) is 0 Å². The summed E-state index contributed by atoms with van der Waals surface area (Å²) in [5.74, 6) is 0.757. The van der Waals surface area contributed by atoms with Crippen molar-refractivity contribution in [2.45, 2.75) is 0 Å². The molecule has 2 aromatic rings. The number of nitrogens with zero attached hydrogens (tertiary/aromatic N) is 2. The lowest BCUT2D eigenvalue weighted by molar-refractivity contribution is -0.129. The zero-order valence-corrected chi connectivity index (χ0v) is 13.6. The molecule has 25 heavy (non-hydrogen) atoms. The highest BCUT2D eigenvalue weighted by Gasteiger charge is 2.25. The summed E-state index contributed by atoms with van der Waals surface area (Å²) < 4.78 is 15.7. The fraction of sp³-hybridized carbons (Fsp3) is 0.105. The van der Waals surface area contributed by atoms with Crippen molar-refractivity contribution in [3.8, 4) is 17.6 Å². The van der Waals surface area contributed by atoms with Gasteiger partial charge in [-0.2, -0.15) is 5.26 Å². The van der Waals surface area contributed by atoms with Crippen LogP contribution in [0.1, 0.15) is 16.7 Å². The summed E-state index contributed by atoms with van der Waals surface area (Å²) in [7, 11) is 3.07. The molecule has 0 unspecified atom stereocenters. The van der Waals surface area contributed by atoms with Crippen molar-refractivity contribution < 1.29 is 19.0 Å². The topological polar surface area (TPSA) is 80.9 Å². The van der Waals surface area contributed by atoms with Crippen LogP contribution in [0, 0.1) is 11.3 Å². The molecule has 6 nitrogen and oxygen atoms in total. The van der Waals surface area contributed by atoms with Crippen molar-refractivity contribution in [2.24, 2.45) is 4.99 Å². The molecule has 1 aliphatic heterocycles. The van der Waals surface area contributed by atoms with Crippen molar-refractivity contribution in [1.29, 1.82) is 5.26 Å². The Kier molecular flexibility index (Phi) is 4.48. The van der Waals surface area contributed by atoms with Gasteiger partial charge in [0.2, 0.25) is 5.90 Å². The van der Waals surface area contributed by atoms with E-state index in [1.54, 1.807) is 55.7 Å². The molecular weight excluding hydrogens is 320 g/mol. The minimum atomic E-state index is -0.533. The van der Waals surface area contributed by atoms with Gasteiger partial charge in [-0.15, -0.1) is 0 Å². The number of esters is 1. The largest absolute Gasteiger partial charge is 0.493 e. The minimum Gasteiger partial charge on any atom is -0.493 e. The highest BCUT2D eigenvalue weighted by Crippen LogP contribution is 2.29. The van der Waals surface area contributed by atoms with Crippen molar-refractivity contribution in [3.05, 3.63) is 64.9 Å². The minimum absolute atomic E-state index is 0.189. The van der Waals surface area contributed by atoms with Crippen LogP contribution in [0.4, 0.5) is 0 Å². The highest BCUT2D eigenvalue weighted by molar-refractivity contribution is 6.13. The maximum absolute atomic E-state index is 12.0. The van der Waals surface area contributed by atoms with E-state index in [9.17, 15) is 4.79 Å². The average Bonchev–Trinajstić information content (AvgIpc) is 3.02. The van der Waals surface area contributed by atoms with Crippen LogP contribution in [0.25, 0.3) is 6.08 Å². The molecule has 1 heterocycles. The second-order valence-electron chi connectivity index (χ2n) is 5.14. The second kappa shape index (κ2) is 6.89. The quantitative estimate of drug-likeness (QED) is 0.634. The number of cyclic esters (lactones) is 1. The third-order valence-electron chi connectivity index (χ3n) is 3.59. The van der Waals surface area contributed by atoms with Crippen molar-refractivity contribution in [2.75, 3.05) is 14.2 Å². The Morgan fingerprint density at radius 2 is 1.80 bits per heavy atom. The first-order chi connectivity index (χ1) is 12.1. The van der Waals surface area contributed by atoms with E-state index < -0.39 is 5.97 Å². The predicted octanol–water partition coefficient (Wildman–Crippen LogP) is 2.92. The number of nitriles is 1.